The molecule has 0 bridgehead atoms. The molecule has 0 aromatic rings. The number of rotatable bonds is 1. The lowest BCUT2D eigenvalue weighted by atomic mass is 10.1. The van der Waals surface area contributed by atoms with Crippen LogP contribution in [-0.2, 0) is 13.8 Å². The maximum atomic E-state index is 11.4. The minimum absolute atomic E-state index is 0.0331. The molecule has 0 amide bonds. The van der Waals surface area contributed by atoms with E-state index >= 15 is 0 Å². The monoisotopic (exact) mass is 220 g/mol. The Kier molecular flexibility index (Phi) is 2.98. The molecule has 0 saturated carbocycles. The topological polar surface area (TPSA) is 55.8 Å². The lowest BCUT2D eigenvalue weighted by Crippen LogP contribution is -2.31. The van der Waals surface area contributed by atoms with E-state index in [2.05, 4.69) is 0 Å². The molecular weight excluding hydrogens is 203 g/mol. The Morgan fingerprint density at radius 1 is 1.29 bits per heavy atom. The van der Waals surface area contributed by atoms with Crippen LogP contribution in [0.25, 0.3) is 0 Å². The molecule has 0 aromatic carbocycles. The Balaban J connectivity index is 1.95. The first-order valence-electron chi connectivity index (χ1n) is 5.22. The fourth-order valence-corrected chi connectivity index (χ4v) is 3.52. The summed E-state index contributed by atoms with van der Waals surface area (Å²) in [4.78, 5) is 9.35. The number of hydrogen-bond donors (Lipinski definition) is 1. The van der Waals surface area contributed by atoms with Crippen LogP contribution in [0.1, 0.15) is 32.6 Å². The van der Waals surface area contributed by atoms with E-state index in [0.29, 0.717) is 6.16 Å². The standard InChI is InChI=1S/C9H17O4P/c1-7-4-5-8(12-7)9-3-2-6-14(10,11)13-9/h7-9H,2-6H2,1H3,(H,10,11). The first kappa shape index (κ1) is 10.6. The Morgan fingerprint density at radius 2 is 2.07 bits per heavy atom. The Labute approximate surface area is 84.1 Å². The van der Waals surface area contributed by atoms with Crippen LogP contribution in [0.15, 0.2) is 0 Å². The highest BCUT2D eigenvalue weighted by molar-refractivity contribution is 7.52. The van der Waals surface area contributed by atoms with Gasteiger partial charge in [0.15, 0.2) is 0 Å². The van der Waals surface area contributed by atoms with Crippen LogP contribution in [-0.4, -0.2) is 29.4 Å². The van der Waals surface area contributed by atoms with E-state index < -0.39 is 7.60 Å². The highest BCUT2D eigenvalue weighted by Gasteiger charge is 2.37. The predicted molar refractivity (Wildman–Crippen MR) is 52.4 cm³/mol. The van der Waals surface area contributed by atoms with Crippen molar-refractivity contribution in [1.82, 2.24) is 0 Å². The van der Waals surface area contributed by atoms with Gasteiger partial charge in [-0.05, 0) is 32.6 Å². The molecule has 4 nitrogen and oxygen atoms in total. The third kappa shape index (κ3) is 2.37. The van der Waals surface area contributed by atoms with Gasteiger partial charge in [0.1, 0.15) is 0 Å². The lowest BCUT2D eigenvalue weighted by Gasteiger charge is -2.30. The van der Waals surface area contributed by atoms with E-state index in [4.69, 9.17) is 9.26 Å². The largest absolute Gasteiger partial charge is 0.373 e. The van der Waals surface area contributed by atoms with Crippen LogP contribution in [0.5, 0.6) is 0 Å². The summed E-state index contributed by atoms with van der Waals surface area (Å²) < 4.78 is 22.2. The van der Waals surface area contributed by atoms with Crippen molar-refractivity contribution in [2.75, 3.05) is 6.16 Å². The summed E-state index contributed by atoms with van der Waals surface area (Å²) in [5, 5.41) is 0. The van der Waals surface area contributed by atoms with E-state index in [0.717, 1.165) is 25.7 Å². The second-order valence-electron chi connectivity index (χ2n) is 4.21. The molecule has 2 heterocycles. The van der Waals surface area contributed by atoms with Crippen LogP contribution in [0.4, 0.5) is 0 Å². The number of ether oxygens (including phenoxy) is 1. The SMILES string of the molecule is CC1CCC(C2CCCP(=O)(O)O2)O1. The summed E-state index contributed by atoms with van der Waals surface area (Å²) in [5.74, 6) is 0. The number of hydrogen-bond acceptors (Lipinski definition) is 3. The first-order valence-corrected chi connectivity index (χ1v) is 6.99. The summed E-state index contributed by atoms with van der Waals surface area (Å²) in [6.45, 7) is 2.03. The van der Waals surface area contributed by atoms with Crippen molar-refractivity contribution in [3.05, 3.63) is 0 Å². The molecule has 0 radical (unpaired) electrons. The van der Waals surface area contributed by atoms with E-state index in [1.54, 1.807) is 0 Å². The van der Waals surface area contributed by atoms with Gasteiger partial charge in [-0.15, -0.1) is 0 Å². The molecule has 2 aliphatic heterocycles. The fourth-order valence-electron chi connectivity index (χ4n) is 2.17. The van der Waals surface area contributed by atoms with E-state index in [1.165, 1.54) is 0 Å². The zero-order valence-corrected chi connectivity index (χ0v) is 9.28. The van der Waals surface area contributed by atoms with E-state index in [1.807, 2.05) is 6.92 Å². The maximum absolute atomic E-state index is 11.4. The Morgan fingerprint density at radius 3 is 2.64 bits per heavy atom. The molecule has 1 N–H and O–H groups in total. The molecule has 2 fully saturated rings. The quantitative estimate of drug-likeness (QED) is 0.686. The first-order chi connectivity index (χ1) is 6.57. The molecule has 4 atom stereocenters. The second kappa shape index (κ2) is 3.93. The molecule has 0 spiro atoms. The van der Waals surface area contributed by atoms with E-state index in [9.17, 15) is 9.46 Å². The lowest BCUT2D eigenvalue weighted by molar-refractivity contribution is -0.0286. The van der Waals surface area contributed by atoms with Gasteiger partial charge < -0.3 is 14.2 Å². The summed E-state index contributed by atoms with van der Waals surface area (Å²) >= 11 is 0. The van der Waals surface area contributed by atoms with Crippen molar-refractivity contribution in [2.24, 2.45) is 0 Å². The molecule has 82 valence electrons. The average Bonchev–Trinajstić information content (AvgIpc) is 2.50. The molecule has 0 aliphatic carbocycles. The van der Waals surface area contributed by atoms with Crippen molar-refractivity contribution < 1.29 is 18.7 Å². The van der Waals surface area contributed by atoms with Crippen LogP contribution >= 0.6 is 7.60 Å². The van der Waals surface area contributed by atoms with Gasteiger partial charge in [-0.1, -0.05) is 0 Å². The van der Waals surface area contributed by atoms with Gasteiger partial charge in [-0.3, -0.25) is 4.57 Å². The van der Waals surface area contributed by atoms with Crippen molar-refractivity contribution in [3.8, 4) is 0 Å². The van der Waals surface area contributed by atoms with Gasteiger partial charge in [-0.2, -0.15) is 0 Å². The normalized spacial score (nSPS) is 49.4. The van der Waals surface area contributed by atoms with Gasteiger partial charge in [0.05, 0.1) is 24.5 Å². The minimum atomic E-state index is -3.29. The summed E-state index contributed by atoms with van der Waals surface area (Å²) in [6.07, 6.45) is 4.03. The zero-order chi connectivity index (χ0) is 10.2. The van der Waals surface area contributed by atoms with Gasteiger partial charge >= 0.3 is 7.60 Å². The summed E-state index contributed by atoms with van der Waals surface area (Å²) in [6, 6.07) is 0. The molecule has 2 aliphatic rings. The highest BCUT2D eigenvalue weighted by atomic mass is 31.2. The fraction of sp³-hybridized carbons (Fsp3) is 1.00. The molecular formula is C9H17O4P. The molecule has 5 heteroatoms. The molecule has 14 heavy (non-hydrogen) atoms. The van der Waals surface area contributed by atoms with Crippen LogP contribution in [0, 0.1) is 0 Å². The highest BCUT2D eigenvalue weighted by Crippen LogP contribution is 2.49. The predicted octanol–water partition coefficient (Wildman–Crippen LogP) is 1.92. The Hall–Kier alpha value is 0.110. The maximum Gasteiger partial charge on any atom is 0.328 e. The third-order valence-electron chi connectivity index (χ3n) is 2.91. The van der Waals surface area contributed by atoms with E-state index in [-0.39, 0.29) is 18.3 Å². The molecule has 0 aromatic heterocycles. The van der Waals surface area contributed by atoms with Crippen LogP contribution in [0.3, 0.4) is 0 Å². The second-order valence-corrected chi connectivity index (χ2v) is 6.14. The summed E-state index contributed by atoms with van der Waals surface area (Å²) in [7, 11) is -3.29. The minimum Gasteiger partial charge on any atom is -0.373 e. The van der Waals surface area contributed by atoms with Crippen LogP contribution < -0.4 is 0 Å². The van der Waals surface area contributed by atoms with Crippen molar-refractivity contribution in [3.63, 3.8) is 0 Å². The Bertz CT molecular complexity index is 255. The molecule has 2 saturated heterocycles. The van der Waals surface area contributed by atoms with Gasteiger partial charge in [0.2, 0.25) is 0 Å². The van der Waals surface area contributed by atoms with Crippen molar-refractivity contribution in [1.29, 1.82) is 0 Å². The average molecular weight is 220 g/mol. The third-order valence-corrected chi connectivity index (χ3v) is 4.39. The van der Waals surface area contributed by atoms with Crippen molar-refractivity contribution in [2.45, 2.75) is 50.9 Å². The van der Waals surface area contributed by atoms with Gasteiger partial charge in [-0.25, -0.2) is 0 Å². The van der Waals surface area contributed by atoms with Gasteiger partial charge in [0.25, 0.3) is 0 Å². The van der Waals surface area contributed by atoms with Crippen LogP contribution in [0.2, 0.25) is 0 Å². The molecule has 2 rings (SSSR count). The van der Waals surface area contributed by atoms with Crippen molar-refractivity contribution >= 4 is 7.60 Å². The van der Waals surface area contributed by atoms with Gasteiger partial charge in [0, 0.05) is 0 Å². The molecule has 4 unspecified atom stereocenters. The summed E-state index contributed by atoms with van der Waals surface area (Å²) in [5.41, 5.74) is 0. The smallest absolute Gasteiger partial charge is 0.328 e. The zero-order valence-electron chi connectivity index (χ0n) is 8.39.